The molecule has 1 aromatic heterocycles. The number of amides is 2. The van der Waals surface area contributed by atoms with Gasteiger partial charge in [-0.25, -0.2) is 0 Å². The molecule has 0 saturated carbocycles. The Morgan fingerprint density at radius 2 is 1.45 bits per heavy atom. The molecule has 0 spiro atoms. The summed E-state index contributed by atoms with van der Waals surface area (Å²) in [5.41, 5.74) is 6.90. The Balaban J connectivity index is 1.45. The number of thiophene rings is 1. The van der Waals surface area contributed by atoms with Crippen LogP contribution in [0.4, 0.5) is 17.1 Å². The first-order valence-electron chi connectivity index (χ1n) is 12.5. The molecule has 186 valence electrons. The Hall–Kier alpha value is -4.68. The highest BCUT2D eigenvalue weighted by Crippen LogP contribution is 2.42. The van der Waals surface area contributed by atoms with E-state index in [9.17, 15) is 9.59 Å². The molecule has 2 amide bonds. The van der Waals surface area contributed by atoms with Crippen molar-refractivity contribution in [2.75, 3.05) is 16.0 Å². The van der Waals surface area contributed by atoms with Crippen molar-refractivity contribution in [1.82, 2.24) is 0 Å². The van der Waals surface area contributed by atoms with Crippen molar-refractivity contribution in [1.29, 1.82) is 0 Å². The van der Waals surface area contributed by atoms with Crippen LogP contribution in [0.1, 0.15) is 15.2 Å². The second-order valence-corrected chi connectivity index (χ2v) is 10.1. The lowest BCUT2D eigenvalue weighted by Crippen LogP contribution is -2.33. The molecular formula is C32H25N3O2S. The zero-order valence-corrected chi connectivity index (χ0v) is 21.3. The minimum atomic E-state index is -0.381. The third kappa shape index (κ3) is 4.69. The van der Waals surface area contributed by atoms with Crippen molar-refractivity contribution < 1.29 is 9.59 Å². The van der Waals surface area contributed by atoms with Crippen LogP contribution in [0.25, 0.3) is 22.3 Å². The highest BCUT2D eigenvalue weighted by atomic mass is 32.1. The minimum Gasteiger partial charge on any atom is -0.373 e. The second kappa shape index (κ2) is 10.4. The SMILES string of the molecule is O=C(Nc1c(-c2ccccc2)ccc(NC(=O)C2Cc3ccccc3N2)c1-c1ccccc1)c1cccs1. The van der Waals surface area contributed by atoms with E-state index in [0.717, 1.165) is 33.5 Å². The quantitative estimate of drug-likeness (QED) is 0.222. The molecule has 3 N–H and O–H groups in total. The molecule has 1 aliphatic rings. The van der Waals surface area contributed by atoms with Gasteiger partial charge in [-0.2, -0.15) is 0 Å². The van der Waals surface area contributed by atoms with Crippen LogP contribution >= 0.6 is 11.3 Å². The molecule has 0 aliphatic carbocycles. The van der Waals surface area contributed by atoms with Gasteiger partial charge in [-0.15, -0.1) is 11.3 Å². The van der Waals surface area contributed by atoms with Gasteiger partial charge in [0, 0.05) is 23.2 Å². The molecule has 4 aromatic carbocycles. The molecule has 0 bridgehead atoms. The third-order valence-corrected chi connectivity index (χ3v) is 7.55. The largest absolute Gasteiger partial charge is 0.373 e. The lowest BCUT2D eigenvalue weighted by atomic mass is 9.93. The summed E-state index contributed by atoms with van der Waals surface area (Å²) in [5, 5.41) is 11.6. The van der Waals surface area contributed by atoms with Gasteiger partial charge in [0.2, 0.25) is 5.91 Å². The summed E-state index contributed by atoms with van der Waals surface area (Å²) < 4.78 is 0. The fourth-order valence-electron chi connectivity index (χ4n) is 4.86. The Bertz CT molecular complexity index is 1570. The van der Waals surface area contributed by atoms with Crippen molar-refractivity contribution in [2.24, 2.45) is 0 Å². The zero-order valence-electron chi connectivity index (χ0n) is 20.5. The monoisotopic (exact) mass is 515 g/mol. The van der Waals surface area contributed by atoms with Crippen LogP contribution in [-0.2, 0) is 11.2 Å². The first-order chi connectivity index (χ1) is 18.7. The molecule has 0 radical (unpaired) electrons. The van der Waals surface area contributed by atoms with Gasteiger partial charge in [-0.3, -0.25) is 9.59 Å². The number of fused-ring (bicyclic) bond motifs is 1. The van der Waals surface area contributed by atoms with Crippen LogP contribution in [0.5, 0.6) is 0 Å². The van der Waals surface area contributed by atoms with Crippen molar-refractivity contribution >= 4 is 40.2 Å². The molecule has 2 heterocycles. The molecule has 38 heavy (non-hydrogen) atoms. The predicted molar refractivity (Wildman–Crippen MR) is 156 cm³/mol. The van der Waals surface area contributed by atoms with Crippen LogP contribution in [-0.4, -0.2) is 17.9 Å². The standard InChI is InChI=1S/C32H25N3O2S/c36-31(27-20-23-14-7-8-15-25(23)33-27)34-26-18-17-24(21-10-3-1-4-11-21)30(29(26)22-12-5-2-6-13-22)35-32(37)28-16-9-19-38-28/h1-19,27,33H,20H2,(H,34,36)(H,35,37). The predicted octanol–water partition coefficient (Wildman–Crippen LogP) is 7.31. The van der Waals surface area contributed by atoms with E-state index in [0.29, 0.717) is 22.7 Å². The van der Waals surface area contributed by atoms with E-state index in [2.05, 4.69) is 16.0 Å². The van der Waals surface area contributed by atoms with E-state index in [1.54, 1.807) is 6.07 Å². The second-order valence-electron chi connectivity index (χ2n) is 9.12. The molecule has 5 nitrogen and oxygen atoms in total. The van der Waals surface area contributed by atoms with Crippen LogP contribution in [0.3, 0.4) is 0 Å². The number of hydrogen-bond donors (Lipinski definition) is 3. The Morgan fingerprint density at radius 1 is 0.737 bits per heavy atom. The van der Waals surface area contributed by atoms with E-state index < -0.39 is 0 Å². The summed E-state index contributed by atoms with van der Waals surface area (Å²) >= 11 is 1.39. The maximum absolute atomic E-state index is 13.5. The van der Waals surface area contributed by atoms with E-state index in [1.807, 2.05) is 109 Å². The van der Waals surface area contributed by atoms with Gasteiger partial charge in [0.1, 0.15) is 6.04 Å². The summed E-state index contributed by atoms with van der Waals surface area (Å²) in [4.78, 5) is 27.4. The van der Waals surface area contributed by atoms with Crippen molar-refractivity contribution in [2.45, 2.75) is 12.5 Å². The Morgan fingerprint density at radius 3 is 2.16 bits per heavy atom. The zero-order chi connectivity index (χ0) is 25.9. The summed E-state index contributed by atoms with van der Waals surface area (Å²) in [6, 6.07) is 34.9. The van der Waals surface area contributed by atoms with Gasteiger partial charge in [-0.05, 0) is 40.3 Å². The van der Waals surface area contributed by atoms with Gasteiger partial charge in [0.05, 0.1) is 16.3 Å². The number of hydrogen-bond acceptors (Lipinski definition) is 4. The number of rotatable bonds is 6. The number of carbonyl (C=O) groups is 2. The lowest BCUT2D eigenvalue weighted by molar-refractivity contribution is -0.116. The maximum atomic E-state index is 13.5. The van der Waals surface area contributed by atoms with E-state index in [4.69, 9.17) is 0 Å². The smallest absolute Gasteiger partial charge is 0.265 e. The molecule has 0 saturated heterocycles. The molecule has 6 rings (SSSR count). The number of anilines is 3. The molecule has 1 unspecified atom stereocenters. The number of para-hydroxylation sites is 1. The Kier molecular flexibility index (Phi) is 6.46. The topological polar surface area (TPSA) is 70.2 Å². The average Bonchev–Trinajstić information content (AvgIpc) is 3.65. The van der Waals surface area contributed by atoms with Crippen molar-refractivity contribution in [3.05, 3.63) is 125 Å². The van der Waals surface area contributed by atoms with Gasteiger partial charge >= 0.3 is 0 Å². The van der Waals surface area contributed by atoms with Crippen LogP contribution < -0.4 is 16.0 Å². The molecule has 1 atom stereocenters. The van der Waals surface area contributed by atoms with E-state index in [1.165, 1.54) is 11.3 Å². The molecular weight excluding hydrogens is 490 g/mol. The molecule has 6 heteroatoms. The summed E-state index contributed by atoms with van der Waals surface area (Å²) in [5.74, 6) is -0.313. The van der Waals surface area contributed by atoms with Crippen molar-refractivity contribution in [3.63, 3.8) is 0 Å². The average molecular weight is 516 g/mol. The summed E-state index contributed by atoms with van der Waals surface area (Å²) in [7, 11) is 0. The van der Waals surface area contributed by atoms with Gasteiger partial charge in [0.15, 0.2) is 0 Å². The maximum Gasteiger partial charge on any atom is 0.265 e. The third-order valence-electron chi connectivity index (χ3n) is 6.68. The summed E-state index contributed by atoms with van der Waals surface area (Å²) in [6.07, 6.45) is 0.618. The highest BCUT2D eigenvalue weighted by Gasteiger charge is 2.28. The van der Waals surface area contributed by atoms with E-state index >= 15 is 0 Å². The summed E-state index contributed by atoms with van der Waals surface area (Å²) in [6.45, 7) is 0. The molecule has 5 aromatic rings. The van der Waals surface area contributed by atoms with Crippen LogP contribution in [0.15, 0.2) is 115 Å². The van der Waals surface area contributed by atoms with Crippen LogP contribution in [0, 0.1) is 0 Å². The lowest BCUT2D eigenvalue weighted by Gasteiger charge is -2.21. The number of nitrogens with one attached hydrogen (secondary N) is 3. The van der Waals surface area contributed by atoms with Crippen molar-refractivity contribution in [3.8, 4) is 22.3 Å². The van der Waals surface area contributed by atoms with Gasteiger partial charge < -0.3 is 16.0 Å². The number of carbonyl (C=O) groups excluding carboxylic acids is 2. The fourth-order valence-corrected chi connectivity index (χ4v) is 5.48. The minimum absolute atomic E-state index is 0.124. The van der Waals surface area contributed by atoms with Gasteiger partial charge in [0.25, 0.3) is 5.91 Å². The van der Waals surface area contributed by atoms with E-state index in [-0.39, 0.29) is 17.9 Å². The first-order valence-corrected chi connectivity index (χ1v) is 13.3. The number of benzene rings is 4. The van der Waals surface area contributed by atoms with Gasteiger partial charge in [-0.1, -0.05) is 91.0 Å². The highest BCUT2D eigenvalue weighted by molar-refractivity contribution is 7.12. The molecule has 0 fully saturated rings. The Labute approximate surface area is 225 Å². The fraction of sp³-hybridized carbons (Fsp3) is 0.0625. The molecule has 1 aliphatic heterocycles. The normalized spacial score (nSPS) is 13.8. The first kappa shape index (κ1) is 23.7. The van der Waals surface area contributed by atoms with Crippen LogP contribution in [0.2, 0.25) is 0 Å².